The van der Waals surface area contributed by atoms with E-state index < -0.39 is 0 Å². The van der Waals surface area contributed by atoms with Crippen molar-refractivity contribution >= 4 is 24.2 Å². The standard InChI is InChI=1S/C6H12N2O2.ClH/c1-3-9-5(7)6(8)10-4-2;/h7-8H,3-4H2,1-2H3;1H. The van der Waals surface area contributed by atoms with E-state index in [9.17, 15) is 0 Å². The zero-order valence-electron chi connectivity index (χ0n) is 6.64. The average Bonchev–Trinajstić information content (AvgIpc) is 1.89. The van der Waals surface area contributed by atoms with Crippen LogP contribution in [0.2, 0.25) is 0 Å². The molecule has 0 aromatic rings. The third-order valence-electron chi connectivity index (χ3n) is 0.784. The smallest absolute Gasteiger partial charge is 0.269 e. The molecule has 4 nitrogen and oxygen atoms in total. The summed E-state index contributed by atoms with van der Waals surface area (Å²) in [6.07, 6.45) is 0. The first-order valence-electron chi connectivity index (χ1n) is 3.15. The fourth-order valence-electron chi connectivity index (χ4n) is 0.420. The van der Waals surface area contributed by atoms with Crippen molar-refractivity contribution in [2.75, 3.05) is 13.2 Å². The summed E-state index contributed by atoms with van der Waals surface area (Å²) in [6.45, 7) is 4.31. The van der Waals surface area contributed by atoms with Gasteiger partial charge in [-0.25, -0.2) is 0 Å². The number of hydrogen-bond acceptors (Lipinski definition) is 4. The van der Waals surface area contributed by atoms with Gasteiger partial charge in [-0.3, -0.25) is 10.8 Å². The molecule has 5 heteroatoms. The van der Waals surface area contributed by atoms with E-state index in [1.165, 1.54) is 0 Å². The van der Waals surface area contributed by atoms with Gasteiger partial charge in [-0.1, -0.05) is 0 Å². The van der Waals surface area contributed by atoms with Crippen LogP contribution in [0.3, 0.4) is 0 Å². The Morgan fingerprint density at radius 2 is 1.27 bits per heavy atom. The third kappa shape index (κ3) is 5.66. The van der Waals surface area contributed by atoms with Gasteiger partial charge in [0.15, 0.2) is 0 Å². The Morgan fingerprint density at radius 1 is 1.00 bits per heavy atom. The minimum absolute atomic E-state index is 0. The lowest BCUT2D eigenvalue weighted by atomic mass is 10.6. The predicted molar refractivity (Wildman–Crippen MR) is 46.0 cm³/mol. The Balaban J connectivity index is 0. The molecular formula is C6H13ClN2O2. The zero-order valence-corrected chi connectivity index (χ0v) is 7.46. The highest BCUT2D eigenvalue weighted by atomic mass is 35.5. The monoisotopic (exact) mass is 180 g/mol. The van der Waals surface area contributed by atoms with Crippen molar-refractivity contribution in [2.45, 2.75) is 13.8 Å². The fourth-order valence-corrected chi connectivity index (χ4v) is 0.420. The molecule has 0 fully saturated rings. The molecule has 0 aliphatic carbocycles. The van der Waals surface area contributed by atoms with Crippen molar-refractivity contribution in [2.24, 2.45) is 0 Å². The SMILES string of the molecule is CCOC(=N)C(=N)OCC.Cl. The quantitative estimate of drug-likeness (QED) is 0.499. The van der Waals surface area contributed by atoms with Crippen LogP contribution in [-0.4, -0.2) is 25.0 Å². The van der Waals surface area contributed by atoms with Crippen LogP contribution in [-0.2, 0) is 9.47 Å². The maximum absolute atomic E-state index is 7.03. The van der Waals surface area contributed by atoms with Crippen molar-refractivity contribution in [3.63, 3.8) is 0 Å². The summed E-state index contributed by atoms with van der Waals surface area (Å²) < 4.78 is 9.38. The summed E-state index contributed by atoms with van der Waals surface area (Å²) >= 11 is 0. The maximum Gasteiger partial charge on any atom is 0.269 e. The summed E-state index contributed by atoms with van der Waals surface area (Å²) in [4.78, 5) is 0. The molecular weight excluding hydrogens is 168 g/mol. The Labute approximate surface area is 72.3 Å². The Bertz CT molecular complexity index is 123. The lowest BCUT2D eigenvalue weighted by Gasteiger charge is -2.05. The van der Waals surface area contributed by atoms with Gasteiger partial charge in [-0.15, -0.1) is 12.4 Å². The van der Waals surface area contributed by atoms with E-state index in [2.05, 4.69) is 9.47 Å². The van der Waals surface area contributed by atoms with Crippen LogP contribution in [0.4, 0.5) is 0 Å². The summed E-state index contributed by atoms with van der Waals surface area (Å²) in [5.41, 5.74) is 0. The Kier molecular flexibility index (Phi) is 8.58. The van der Waals surface area contributed by atoms with E-state index in [1.54, 1.807) is 13.8 Å². The first-order valence-corrected chi connectivity index (χ1v) is 3.15. The highest BCUT2D eigenvalue weighted by Gasteiger charge is 2.04. The largest absolute Gasteiger partial charge is 0.475 e. The number of nitrogens with one attached hydrogen (secondary N) is 2. The highest BCUT2D eigenvalue weighted by molar-refractivity contribution is 6.32. The molecule has 2 N–H and O–H groups in total. The molecule has 0 saturated heterocycles. The number of rotatable bonds is 2. The van der Waals surface area contributed by atoms with Gasteiger partial charge < -0.3 is 9.47 Å². The molecule has 0 aromatic carbocycles. The molecule has 0 aliphatic rings. The summed E-state index contributed by atoms with van der Waals surface area (Å²) in [5, 5.41) is 14.1. The second-order valence-electron chi connectivity index (χ2n) is 1.52. The molecule has 0 atom stereocenters. The van der Waals surface area contributed by atoms with Crippen molar-refractivity contribution < 1.29 is 9.47 Å². The number of halogens is 1. The Morgan fingerprint density at radius 3 is 1.45 bits per heavy atom. The molecule has 0 amide bonds. The minimum atomic E-state index is -0.204. The highest BCUT2D eigenvalue weighted by Crippen LogP contribution is 1.84. The lowest BCUT2D eigenvalue weighted by molar-refractivity contribution is 0.292. The van der Waals surface area contributed by atoms with Crippen molar-refractivity contribution in [1.82, 2.24) is 0 Å². The zero-order chi connectivity index (χ0) is 7.98. The van der Waals surface area contributed by atoms with Crippen LogP contribution in [0, 0.1) is 10.8 Å². The molecule has 11 heavy (non-hydrogen) atoms. The van der Waals surface area contributed by atoms with Gasteiger partial charge >= 0.3 is 0 Å². The van der Waals surface area contributed by atoms with Crippen LogP contribution >= 0.6 is 12.4 Å². The maximum atomic E-state index is 7.03. The topological polar surface area (TPSA) is 66.2 Å². The summed E-state index contributed by atoms with van der Waals surface area (Å²) in [6, 6.07) is 0. The predicted octanol–water partition coefficient (Wildman–Crippen LogP) is 1.44. The average molecular weight is 181 g/mol. The first-order chi connectivity index (χ1) is 4.72. The van der Waals surface area contributed by atoms with Crippen LogP contribution in [0.25, 0.3) is 0 Å². The second kappa shape index (κ2) is 7.34. The fraction of sp³-hybridized carbons (Fsp3) is 0.667. The molecule has 0 spiro atoms. The van der Waals surface area contributed by atoms with Gasteiger partial charge in [0.25, 0.3) is 11.8 Å². The van der Waals surface area contributed by atoms with Gasteiger partial charge in [0.05, 0.1) is 13.2 Å². The summed E-state index contributed by atoms with van der Waals surface area (Å²) in [7, 11) is 0. The van der Waals surface area contributed by atoms with Crippen LogP contribution in [0.1, 0.15) is 13.8 Å². The van der Waals surface area contributed by atoms with Crippen molar-refractivity contribution in [3.05, 3.63) is 0 Å². The van der Waals surface area contributed by atoms with Crippen molar-refractivity contribution in [1.29, 1.82) is 10.8 Å². The van der Waals surface area contributed by atoms with E-state index >= 15 is 0 Å². The van der Waals surface area contributed by atoms with Crippen LogP contribution in [0.5, 0.6) is 0 Å². The second-order valence-corrected chi connectivity index (χ2v) is 1.52. The molecule has 0 aliphatic heterocycles. The molecule has 66 valence electrons. The van der Waals surface area contributed by atoms with Crippen LogP contribution in [0.15, 0.2) is 0 Å². The van der Waals surface area contributed by atoms with Gasteiger partial charge in [-0.05, 0) is 13.8 Å². The van der Waals surface area contributed by atoms with Crippen molar-refractivity contribution in [3.8, 4) is 0 Å². The van der Waals surface area contributed by atoms with E-state index in [-0.39, 0.29) is 24.2 Å². The lowest BCUT2D eigenvalue weighted by Crippen LogP contribution is -2.18. The van der Waals surface area contributed by atoms with Crippen LogP contribution < -0.4 is 0 Å². The molecule has 0 bridgehead atoms. The van der Waals surface area contributed by atoms with Gasteiger partial charge in [0, 0.05) is 0 Å². The molecule has 0 saturated carbocycles. The molecule has 0 radical (unpaired) electrons. The van der Waals surface area contributed by atoms with Gasteiger partial charge in [0.1, 0.15) is 0 Å². The summed E-state index contributed by atoms with van der Waals surface area (Å²) in [5.74, 6) is -0.409. The van der Waals surface area contributed by atoms with E-state index in [0.717, 1.165) is 0 Å². The third-order valence-corrected chi connectivity index (χ3v) is 0.784. The van der Waals surface area contributed by atoms with E-state index in [0.29, 0.717) is 13.2 Å². The number of ether oxygens (including phenoxy) is 2. The normalized spacial score (nSPS) is 7.82. The number of hydrogen-bond donors (Lipinski definition) is 2. The molecule has 0 unspecified atom stereocenters. The molecule has 0 aromatic heterocycles. The van der Waals surface area contributed by atoms with Gasteiger partial charge in [0.2, 0.25) is 0 Å². The van der Waals surface area contributed by atoms with E-state index in [1.807, 2.05) is 0 Å². The molecule has 0 heterocycles. The Hall–Kier alpha value is -0.770. The van der Waals surface area contributed by atoms with E-state index in [4.69, 9.17) is 10.8 Å². The minimum Gasteiger partial charge on any atom is -0.475 e. The molecule has 0 rings (SSSR count). The van der Waals surface area contributed by atoms with Gasteiger partial charge in [-0.2, -0.15) is 0 Å². The first kappa shape index (κ1) is 12.9.